The van der Waals surface area contributed by atoms with Gasteiger partial charge in [-0.2, -0.15) is 4.98 Å². The van der Waals surface area contributed by atoms with E-state index in [0.717, 1.165) is 29.2 Å². The lowest BCUT2D eigenvalue weighted by Gasteiger charge is -2.15. The van der Waals surface area contributed by atoms with E-state index in [0.29, 0.717) is 18.4 Å². The third-order valence-corrected chi connectivity index (χ3v) is 5.07. The maximum atomic E-state index is 9.64. The number of hydrogen-bond acceptors (Lipinski definition) is 7. The summed E-state index contributed by atoms with van der Waals surface area (Å²) in [5.41, 5.74) is 2.55. The molecule has 156 valence electrons. The number of rotatable bonds is 8. The molecule has 0 radical (unpaired) electrons. The summed E-state index contributed by atoms with van der Waals surface area (Å²) < 4.78 is 5.85. The highest BCUT2D eigenvalue weighted by Gasteiger charge is 2.11. The highest BCUT2D eigenvalue weighted by atomic mass is 16.5. The number of anilines is 4. The summed E-state index contributed by atoms with van der Waals surface area (Å²) in [6, 6.07) is 14.7. The van der Waals surface area contributed by atoms with E-state index in [4.69, 9.17) is 4.74 Å². The Morgan fingerprint density at radius 3 is 2.60 bits per heavy atom. The third kappa shape index (κ3) is 5.39. The van der Waals surface area contributed by atoms with Crippen LogP contribution in [0.1, 0.15) is 18.4 Å². The number of likely N-dealkylation sites (tertiary alicyclic amines) is 1. The van der Waals surface area contributed by atoms with Gasteiger partial charge in [0.2, 0.25) is 5.95 Å². The van der Waals surface area contributed by atoms with Crippen LogP contribution in [0.5, 0.6) is 11.5 Å². The van der Waals surface area contributed by atoms with E-state index in [1.165, 1.54) is 25.9 Å². The normalized spacial score (nSPS) is 13.9. The van der Waals surface area contributed by atoms with E-state index in [1.54, 1.807) is 24.4 Å². The Labute approximate surface area is 176 Å². The molecule has 3 N–H and O–H groups in total. The predicted molar refractivity (Wildman–Crippen MR) is 119 cm³/mol. The van der Waals surface area contributed by atoms with Crippen LogP contribution in [0.4, 0.5) is 23.1 Å². The monoisotopic (exact) mass is 405 g/mol. The standard InChI is InChI=1S/C23H27N5O2/c1-17-16-24-23(27-22(17)25-19-5-4-6-20(29)15-19)26-18-7-9-21(10-8-18)30-14-13-28-11-2-3-12-28/h4-10,15-16,29H,2-3,11-14H2,1H3,(H2,24,25,26,27). The number of ether oxygens (including phenoxy) is 1. The fraction of sp³-hybridized carbons (Fsp3) is 0.304. The fourth-order valence-electron chi connectivity index (χ4n) is 3.41. The Kier molecular flexibility index (Phi) is 6.29. The quantitative estimate of drug-likeness (QED) is 0.511. The fourth-order valence-corrected chi connectivity index (χ4v) is 3.41. The Hall–Kier alpha value is -3.32. The van der Waals surface area contributed by atoms with Crippen molar-refractivity contribution >= 4 is 23.1 Å². The Morgan fingerprint density at radius 2 is 1.83 bits per heavy atom. The van der Waals surface area contributed by atoms with Gasteiger partial charge in [-0.3, -0.25) is 4.90 Å². The van der Waals surface area contributed by atoms with Crippen LogP contribution in [0.2, 0.25) is 0 Å². The molecule has 0 bridgehead atoms. The van der Waals surface area contributed by atoms with Gasteiger partial charge >= 0.3 is 0 Å². The Balaban J connectivity index is 1.35. The van der Waals surface area contributed by atoms with E-state index in [1.807, 2.05) is 37.3 Å². The molecular weight excluding hydrogens is 378 g/mol. The summed E-state index contributed by atoms with van der Waals surface area (Å²) in [6.45, 7) is 5.99. The molecule has 0 spiro atoms. The van der Waals surface area contributed by atoms with Gasteiger partial charge in [0.05, 0.1) is 0 Å². The molecule has 0 unspecified atom stereocenters. The van der Waals surface area contributed by atoms with Crippen molar-refractivity contribution in [2.75, 3.05) is 36.9 Å². The van der Waals surface area contributed by atoms with Crippen LogP contribution in [-0.4, -0.2) is 46.2 Å². The first-order valence-corrected chi connectivity index (χ1v) is 10.3. The zero-order valence-corrected chi connectivity index (χ0v) is 17.1. The molecule has 0 amide bonds. The van der Waals surface area contributed by atoms with Gasteiger partial charge in [0.15, 0.2) is 0 Å². The van der Waals surface area contributed by atoms with Crippen molar-refractivity contribution in [1.29, 1.82) is 0 Å². The molecule has 0 atom stereocenters. The van der Waals surface area contributed by atoms with Gasteiger partial charge in [-0.1, -0.05) is 6.07 Å². The van der Waals surface area contributed by atoms with Gasteiger partial charge in [-0.15, -0.1) is 0 Å². The van der Waals surface area contributed by atoms with Gasteiger partial charge in [-0.05, 0) is 69.3 Å². The zero-order valence-electron chi connectivity index (χ0n) is 17.1. The first-order chi connectivity index (χ1) is 14.7. The van der Waals surface area contributed by atoms with E-state index in [2.05, 4.69) is 25.5 Å². The SMILES string of the molecule is Cc1cnc(Nc2ccc(OCCN3CCCC3)cc2)nc1Nc1cccc(O)c1. The van der Waals surface area contributed by atoms with Crippen LogP contribution in [-0.2, 0) is 0 Å². The van der Waals surface area contributed by atoms with Crippen molar-refractivity contribution in [3.8, 4) is 11.5 Å². The average molecular weight is 406 g/mol. The third-order valence-electron chi connectivity index (χ3n) is 5.07. The van der Waals surface area contributed by atoms with Gasteiger partial charge in [0.25, 0.3) is 0 Å². The second kappa shape index (κ2) is 9.45. The molecule has 1 aromatic heterocycles. The minimum absolute atomic E-state index is 0.202. The van der Waals surface area contributed by atoms with E-state index >= 15 is 0 Å². The van der Waals surface area contributed by atoms with E-state index in [-0.39, 0.29) is 5.75 Å². The Morgan fingerprint density at radius 1 is 1.03 bits per heavy atom. The van der Waals surface area contributed by atoms with Crippen LogP contribution in [0.3, 0.4) is 0 Å². The zero-order chi connectivity index (χ0) is 20.8. The number of benzene rings is 2. The second-order valence-corrected chi connectivity index (χ2v) is 7.45. The van der Waals surface area contributed by atoms with Crippen LogP contribution < -0.4 is 15.4 Å². The number of aromatic hydroxyl groups is 1. The molecule has 3 aromatic rings. The minimum atomic E-state index is 0.202. The minimum Gasteiger partial charge on any atom is -0.508 e. The van der Waals surface area contributed by atoms with Crippen LogP contribution in [0.15, 0.2) is 54.7 Å². The summed E-state index contributed by atoms with van der Waals surface area (Å²) in [4.78, 5) is 11.4. The molecule has 7 heteroatoms. The maximum absolute atomic E-state index is 9.64. The predicted octanol–water partition coefficient (Wildman–Crippen LogP) is 4.45. The molecule has 1 aliphatic rings. The maximum Gasteiger partial charge on any atom is 0.229 e. The van der Waals surface area contributed by atoms with Gasteiger partial charge in [-0.25, -0.2) is 4.98 Å². The first-order valence-electron chi connectivity index (χ1n) is 10.3. The smallest absolute Gasteiger partial charge is 0.229 e. The number of hydrogen-bond donors (Lipinski definition) is 3. The largest absolute Gasteiger partial charge is 0.508 e. The van der Waals surface area contributed by atoms with Crippen molar-refractivity contribution in [3.05, 3.63) is 60.3 Å². The number of aromatic nitrogens is 2. The van der Waals surface area contributed by atoms with Gasteiger partial charge in [0.1, 0.15) is 23.9 Å². The summed E-state index contributed by atoms with van der Waals surface area (Å²) in [5, 5.41) is 16.1. The molecule has 1 aliphatic heterocycles. The van der Waals surface area contributed by atoms with Gasteiger partial charge in [0, 0.05) is 35.7 Å². The number of phenolic OH excluding ortho intramolecular Hbond substituents is 1. The summed E-state index contributed by atoms with van der Waals surface area (Å²) in [6.07, 6.45) is 4.36. The Bertz CT molecular complexity index is 972. The highest BCUT2D eigenvalue weighted by Crippen LogP contribution is 2.24. The number of nitrogens with one attached hydrogen (secondary N) is 2. The number of phenols is 1. The lowest BCUT2D eigenvalue weighted by molar-refractivity contribution is 0.238. The highest BCUT2D eigenvalue weighted by molar-refractivity contribution is 5.63. The molecular formula is C23H27N5O2. The summed E-state index contributed by atoms with van der Waals surface area (Å²) >= 11 is 0. The average Bonchev–Trinajstić information content (AvgIpc) is 3.25. The van der Waals surface area contributed by atoms with E-state index < -0.39 is 0 Å². The molecule has 0 saturated carbocycles. The van der Waals surface area contributed by atoms with Gasteiger partial charge < -0.3 is 20.5 Å². The number of aryl methyl sites for hydroxylation is 1. The first kappa shape index (κ1) is 20.0. The van der Waals surface area contributed by atoms with Crippen LogP contribution in [0.25, 0.3) is 0 Å². The van der Waals surface area contributed by atoms with Crippen molar-refractivity contribution in [2.45, 2.75) is 19.8 Å². The molecule has 1 fully saturated rings. The molecule has 2 aromatic carbocycles. The molecule has 4 rings (SSSR count). The van der Waals surface area contributed by atoms with Crippen LogP contribution in [0, 0.1) is 6.92 Å². The van der Waals surface area contributed by atoms with Crippen molar-refractivity contribution in [3.63, 3.8) is 0 Å². The summed E-state index contributed by atoms with van der Waals surface area (Å²) in [7, 11) is 0. The number of nitrogens with zero attached hydrogens (tertiary/aromatic N) is 3. The van der Waals surface area contributed by atoms with E-state index in [9.17, 15) is 5.11 Å². The molecule has 0 aliphatic carbocycles. The topological polar surface area (TPSA) is 82.5 Å². The lowest BCUT2D eigenvalue weighted by Crippen LogP contribution is -2.25. The van der Waals surface area contributed by atoms with Crippen LogP contribution >= 0.6 is 0 Å². The lowest BCUT2D eigenvalue weighted by atomic mass is 10.3. The second-order valence-electron chi connectivity index (χ2n) is 7.45. The molecule has 30 heavy (non-hydrogen) atoms. The van der Waals surface area contributed by atoms with Crippen molar-refractivity contribution < 1.29 is 9.84 Å². The molecule has 7 nitrogen and oxygen atoms in total. The molecule has 1 saturated heterocycles. The van der Waals surface area contributed by atoms with Crippen molar-refractivity contribution in [2.24, 2.45) is 0 Å². The molecule has 2 heterocycles. The van der Waals surface area contributed by atoms with Crippen molar-refractivity contribution in [1.82, 2.24) is 14.9 Å². The summed E-state index contributed by atoms with van der Waals surface area (Å²) in [5.74, 6) is 2.23.